The molecule has 0 saturated carbocycles. The molecule has 0 radical (unpaired) electrons. The molecule has 0 fully saturated rings. The Hall–Kier alpha value is -3.88. The van der Waals surface area contributed by atoms with E-state index >= 15 is 0 Å². The molecule has 158 valence electrons. The number of rotatable bonds is 10. The highest BCUT2D eigenvalue weighted by Gasteiger charge is 2.19. The maximum atomic E-state index is 12.5. The Morgan fingerprint density at radius 3 is 2.33 bits per heavy atom. The molecular formula is C21H23N3O6. The van der Waals surface area contributed by atoms with Crippen LogP contribution in [0.15, 0.2) is 54.6 Å². The van der Waals surface area contributed by atoms with Gasteiger partial charge in [-0.1, -0.05) is 30.3 Å². The molecule has 0 bridgehead atoms. The molecule has 0 unspecified atom stereocenters. The van der Waals surface area contributed by atoms with Gasteiger partial charge in [-0.25, -0.2) is 0 Å². The van der Waals surface area contributed by atoms with Crippen LogP contribution >= 0.6 is 0 Å². The molecular weight excluding hydrogens is 390 g/mol. The average molecular weight is 413 g/mol. The molecule has 0 heterocycles. The molecule has 9 heteroatoms. The van der Waals surface area contributed by atoms with E-state index < -0.39 is 36.8 Å². The maximum Gasteiger partial charge on any atom is 0.325 e. The van der Waals surface area contributed by atoms with E-state index in [1.807, 2.05) is 0 Å². The molecule has 3 amide bonds. The van der Waals surface area contributed by atoms with Gasteiger partial charge >= 0.3 is 5.97 Å². The van der Waals surface area contributed by atoms with Crippen LogP contribution in [0.3, 0.4) is 0 Å². The third-order valence-electron chi connectivity index (χ3n) is 4.05. The zero-order chi connectivity index (χ0) is 21.9. The minimum atomic E-state index is -0.783. The number of ether oxygens (including phenoxy) is 2. The lowest BCUT2D eigenvalue weighted by Gasteiger charge is -2.22. The molecule has 2 aromatic rings. The predicted molar refractivity (Wildman–Crippen MR) is 109 cm³/mol. The van der Waals surface area contributed by atoms with Crippen molar-refractivity contribution in [1.29, 1.82) is 0 Å². The van der Waals surface area contributed by atoms with Crippen molar-refractivity contribution in [2.75, 3.05) is 31.7 Å². The van der Waals surface area contributed by atoms with Gasteiger partial charge in [0, 0.05) is 18.7 Å². The monoisotopic (exact) mass is 413 g/mol. The van der Waals surface area contributed by atoms with E-state index in [0.717, 1.165) is 0 Å². The van der Waals surface area contributed by atoms with Gasteiger partial charge in [0.1, 0.15) is 12.3 Å². The number of carbonyl (C=O) groups is 4. The number of benzene rings is 2. The summed E-state index contributed by atoms with van der Waals surface area (Å²) in [6, 6.07) is 15.2. The molecule has 0 aliphatic heterocycles. The summed E-state index contributed by atoms with van der Waals surface area (Å²) in [6.07, 6.45) is -0.0381. The first-order chi connectivity index (χ1) is 14.4. The number of nitrogens with one attached hydrogen (secondary N) is 1. The molecule has 2 rings (SSSR count). The smallest absolute Gasteiger partial charge is 0.325 e. The van der Waals surface area contributed by atoms with Crippen LogP contribution in [0.25, 0.3) is 0 Å². The summed E-state index contributed by atoms with van der Waals surface area (Å²) >= 11 is 0. The Morgan fingerprint density at radius 1 is 1.00 bits per heavy atom. The van der Waals surface area contributed by atoms with Crippen molar-refractivity contribution in [2.24, 2.45) is 5.73 Å². The summed E-state index contributed by atoms with van der Waals surface area (Å²) in [5, 5.41) is 2.42. The number of amides is 3. The Balaban J connectivity index is 1.89. The first-order valence-electron chi connectivity index (χ1n) is 9.13. The third kappa shape index (κ3) is 6.62. The van der Waals surface area contributed by atoms with E-state index in [-0.39, 0.29) is 18.5 Å². The number of primary amides is 1. The third-order valence-corrected chi connectivity index (χ3v) is 4.05. The number of hydrogen-bond acceptors (Lipinski definition) is 6. The molecule has 30 heavy (non-hydrogen) atoms. The van der Waals surface area contributed by atoms with Crippen LogP contribution in [0.4, 0.5) is 5.69 Å². The second-order valence-electron chi connectivity index (χ2n) is 6.14. The zero-order valence-corrected chi connectivity index (χ0v) is 16.5. The molecule has 3 N–H and O–H groups in total. The van der Waals surface area contributed by atoms with Gasteiger partial charge in [0.25, 0.3) is 11.8 Å². The van der Waals surface area contributed by atoms with Crippen LogP contribution < -0.4 is 20.7 Å². The van der Waals surface area contributed by atoms with Crippen molar-refractivity contribution in [3.63, 3.8) is 0 Å². The Kier molecular flexibility index (Phi) is 8.37. The van der Waals surface area contributed by atoms with E-state index in [2.05, 4.69) is 5.32 Å². The first-order valence-corrected chi connectivity index (χ1v) is 9.13. The van der Waals surface area contributed by atoms with Gasteiger partial charge in [-0.05, 0) is 24.3 Å². The SMILES string of the molecule is COc1ccccc1C(=O)NCC(=O)OCC(=O)N(CCC(N)=O)c1ccccc1. The summed E-state index contributed by atoms with van der Waals surface area (Å²) in [5.74, 6) is -2.00. The van der Waals surface area contributed by atoms with E-state index in [1.54, 1.807) is 54.6 Å². The van der Waals surface area contributed by atoms with Crippen molar-refractivity contribution >= 4 is 29.4 Å². The van der Waals surface area contributed by atoms with E-state index in [4.69, 9.17) is 15.2 Å². The lowest BCUT2D eigenvalue weighted by atomic mass is 10.2. The van der Waals surface area contributed by atoms with Crippen LogP contribution in [-0.2, 0) is 19.1 Å². The van der Waals surface area contributed by atoms with Crippen LogP contribution in [0.1, 0.15) is 16.8 Å². The van der Waals surface area contributed by atoms with Gasteiger partial charge in [-0.3, -0.25) is 19.2 Å². The zero-order valence-electron chi connectivity index (χ0n) is 16.5. The Morgan fingerprint density at radius 2 is 1.67 bits per heavy atom. The first kappa shape index (κ1) is 22.4. The maximum absolute atomic E-state index is 12.5. The normalized spacial score (nSPS) is 10.0. The van der Waals surface area contributed by atoms with Gasteiger partial charge in [-0.15, -0.1) is 0 Å². The lowest BCUT2D eigenvalue weighted by molar-refractivity contribution is -0.146. The Labute approximate surface area is 173 Å². The van der Waals surface area contributed by atoms with Crippen molar-refractivity contribution in [3.05, 3.63) is 60.2 Å². The van der Waals surface area contributed by atoms with Gasteiger partial charge in [0.15, 0.2) is 6.61 Å². The van der Waals surface area contributed by atoms with Gasteiger partial charge in [0.2, 0.25) is 5.91 Å². The molecule has 0 aromatic heterocycles. The highest BCUT2D eigenvalue weighted by molar-refractivity contribution is 5.99. The molecule has 0 atom stereocenters. The summed E-state index contributed by atoms with van der Waals surface area (Å²) in [7, 11) is 1.43. The number of anilines is 1. The van der Waals surface area contributed by atoms with Crippen LogP contribution in [0.2, 0.25) is 0 Å². The fraction of sp³-hybridized carbons (Fsp3) is 0.238. The predicted octanol–water partition coefficient (Wildman–Crippen LogP) is 0.877. The summed E-state index contributed by atoms with van der Waals surface area (Å²) < 4.78 is 10.1. The second-order valence-corrected chi connectivity index (χ2v) is 6.14. The van der Waals surface area contributed by atoms with E-state index in [9.17, 15) is 19.2 Å². The summed E-state index contributed by atoms with van der Waals surface area (Å²) in [5.41, 5.74) is 5.98. The van der Waals surface area contributed by atoms with Crippen molar-refractivity contribution in [3.8, 4) is 5.75 Å². The van der Waals surface area contributed by atoms with Crippen LogP contribution in [0, 0.1) is 0 Å². The molecule has 2 aromatic carbocycles. The summed E-state index contributed by atoms with van der Waals surface area (Å²) in [4.78, 5) is 49.0. The fourth-order valence-corrected chi connectivity index (χ4v) is 2.58. The quantitative estimate of drug-likeness (QED) is 0.557. The second kappa shape index (κ2) is 11.2. The van der Waals surface area contributed by atoms with E-state index in [0.29, 0.717) is 11.4 Å². The standard InChI is InChI=1S/C21H23N3O6/c1-29-17-10-6-5-9-16(17)21(28)23-13-20(27)30-14-19(26)24(12-11-18(22)25)15-7-3-2-4-8-15/h2-10H,11-14H2,1H3,(H2,22,25)(H,23,28). The van der Waals surface area contributed by atoms with Crippen LogP contribution in [0.5, 0.6) is 5.75 Å². The number of hydrogen-bond donors (Lipinski definition) is 2. The van der Waals surface area contributed by atoms with E-state index in [1.165, 1.54) is 12.0 Å². The Bertz CT molecular complexity index is 901. The van der Waals surface area contributed by atoms with Gasteiger partial charge in [-0.2, -0.15) is 0 Å². The number of nitrogens with two attached hydrogens (primary N) is 1. The molecule has 0 saturated heterocycles. The largest absolute Gasteiger partial charge is 0.496 e. The van der Waals surface area contributed by atoms with Crippen molar-refractivity contribution in [2.45, 2.75) is 6.42 Å². The van der Waals surface area contributed by atoms with Gasteiger partial charge in [0.05, 0.1) is 12.7 Å². The fourth-order valence-electron chi connectivity index (χ4n) is 2.58. The lowest BCUT2D eigenvalue weighted by Crippen LogP contribution is -2.38. The number of nitrogens with zero attached hydrogens (tertiary/aromatic N) is 1. The number of esters is 1. The highest BCUT2D eigenvalue weighted by Crippen LogP contribution is 2.17. The number of carbonyl (C=O) groups excluding carboxylic acids is 4. The molecule has 9 nitrogen and oxygen atoms in total. The number of para-hydroxylation sites is 2. The molecule has 0 aliphatic carbocycles. The van der Waals surface area contributed by atoms with Crippen molar-refractivity contribution < 1.29 is 28.7 Å². The van der Waals surface area contributed by atoms with Crippen molar-refractivity contribution in [1.82, 2.24) is 5.32 Å². The highest BCUT2D eigenvalue weighted by atomic mass is 16.5. The topological polar surface area (TPSA) is 128 Å². The van der Waals surface area contributed by atoms with Crippen LogP contribution in [-0.4, -0.2) is 50.5 Å². The average Bonchev–Trinajstić information content (AvgIpc) is 2.76. The number of methoxy groups -OCH3 is 1. The minimum Gasteiger partial charge on any atom is -0.496 e. The molecule has 0 spiro atoms. The van der Waals surface area contributed by atoms with Gasteiger partial charge < -0.3 is 25.4 Å². The summed E-state index contributed by atoms with van der Waals surface area (Å²) in [6.45, 7) is -0.909. The minimum absolute atomic E-state index is 0.0381. The molecule has 0 aliphatic rings.